The molecule has 21 heavy (non-hydrogen) atoms. The van der Waals surface area contributed by atoms with Gasteiger partial charge in [-0.3, -0.25) is 0 Å². The molecule has 1 aliphatic carbocycles. The lowest BCUT2D eigenvalue weighted by atomic mass is 9.99. The van der Waals surface area contributed by atoms with Gasteiger partial charge in [-0.1, -0.05) is 30.1 Å². The molecule has 0 aliphatic heterocycles. The number of aromatic nitrogens is 2. The van der Waals surface area contributed by atoms with Crippen LogP contribution in [0.25, 0.3) is 0 Å². The normalized spacial score (nSPS) is 17.2. The topological polar surface area (TPSA) is 64.9 Å². The smallest absolute Gasteiger partial charge is 0.227 e. The first-order valence-corrected chi connectivity index (χ1v) is 8.15. The number of nitrogens with two attached hydrogens (primary N) is 1. The van der Waals surface area contributed by atoms with Crippen LogP contribution in [0.2, 0.25) is 0 Å². The van der Waals surface area contributed by atoms with Gasteiger partial charge in [0.25, 0.3) is 0 Å². The summed E-state index contributed by atoms with van der Waals surface area (Å²) in [5.74, 6) is 1.69. The van der Waals surface area contributed by atoms with Gasteiger partial charge in [0.15, 0.2) is 5.82 Å². The molecule has 0 atom stereocenters. The maximum Gasteiger partial charge on any atom is 0.227 e. The zero-order valence-corrected chi connectivity index (χ0v) is 12.5. The maximum atomic E-state index is 13.5. The molecule has 2 aromatic rings. The van der Waals surface area contributed by atoms with Gasteiger partial charge in [0.2, 0.25) is 5.89 Å². The second-order valence-electron chi connectivity index (χ2n) is 5.40. The lowest BCUT2D eigenvalue weighted by molar-refractivity contribution is 0.351. The summed E-state index contributed by atoms with van der Waals surface area (Å²) in [5.41, 5.74) is 5.88. The van der Waals surface area contributed by atoms with Crippen LogP contribution in [0.4, 0.5) is 4.39 Å². The van der Waals surface area contributed by atoms with E-state index in [1.807, 2.05) is 6.07 Å². The number of thioether (sulfide) groups is 1. The van der Waals surface area contributed by atoms with E-state index in [1.54, 1.807) is 12.1 Å². The fraction of sp³-hybridized carbons (Fsp3) is 0.467. The average Bonchev–Trinajstić information content (AvgIpc) is 3.11. The summed E-state index contributed by atoms with van der Waals surface area (Å²) >= 11 is 1.45. The first-order valence-electron chi connectivity index (χ1n) is 7.17. The van der Waals surface area contributed by atoms with Gasteiger partial charge in [-0.05, 0) is 25.0 Å². The minimum Gasteiger partial charge on any atom is -0.339 e. The van der Waals surface area contributed by atoms with Crippen molar-refractivity contribution in [3.63, 3.8) is 0 Å². The Kier molecular flexibility index (Phi) is 4.26. The SMILES string of the molecule is NC1(c2noc(CCSc3ccccc3F)n2)CCCC1. The van der Waals surface area contributed by atoms with Crippen LogP contribution >= 0.6 is 11.8 Å². The second kappa shape index (κ2) is 6.15. The van der Waals surface area contributed by atoms with Crippen LogP contribution < -0.4 is 5.73 Å². The quantitative estimate of drug-likeness (QED) is 0.859. The van der Waals surface area contributed by atoms with E-state index in [0.717, 1.165) is 25.7 Å². The Labute approximate surface area is 127 Å². The highest BCUT2D eigenvalue weighted by Crippen LogP contribution is 2.34. The van der Waals surface area contributed by atoms with Crippen LogP contribution in [0.3, 0.4) is 0 Å². The van der Waals surface area contributed by atoms with Crippen LogP contribution in [0.15, 0.2) is 33.7 Å². The Balaban J connectivity index is 1.57. The third kappa shape index (κ3) is 3.27. The highest BCUT2D eigenvalue weighted by molar-refractivity contribution is 7.99. The van der Waals surface area contributed by atoms with E-state index in [4.69, 9.17) is 10.3 Å². The fourth-order valence-electron chi connectivity index (χ4n) is 2.60. The number of hydrogen-bond donors (Lipinski definition) is 1. The van der Waals surface area contributed by atoms with Crippen molar-refractivity contribution in [2.75, 3.05) is 5.75 Å². The molecule has 1 saturated carbocycles. The van der Waals surface area contributed by atoms with Gasteiger partial charge in [-0.15, -0.1) is 11.8 Å². The van der Waals surface area contributed by atoms with E-state index in [0.29, 0.717) is 28.8 Å². The predicted octanol–water partition coefficient (Wildman–Crippen LogP) is 3.27. The van der Waals surface area contributed by atoms with Gasteiger partial charge >= 0.3 is 0 Å². The largest absolute Gasteiger partial charge is 0.339 e. The number of aryl methyl sites for hydroxylation is 1. The molecular weight excluding hydrogens is 289 g/mol. The van der Waals surface area contributed by atoms with Gasteiger partial charge in [0.1, 0.15) is 5.82 Å². The van der Waals surface area contributed by atoms with Gasteiger partial charge in [-0.2, -0.15) is 4.98 Å². The highest BCUT2D eigenvalue weighted by Gasteiger charge is 2.35. The zero-order chi connectivity index (χ0) is 14.7. The Hall–Kier alpha value is -1.40. The summed E-state index contributed by atoms with van der Waals surface area (Å²) in [6.45, 7) is 0. The molecule has 3 rings (SSSR count). The van der Waals surface area contributed by atoms with E-state index in [-0.39, 0.29) is 5.82 Å². The standard InChI is InChI=1S/C15H18FN3OS/c16-11-5-1-2-6-12(11)21-10-7-13-18-14(19-20-13)15(17)8-3-4-9-15/h1-2,5-6H,3-4,7-10,17H2. The minimum absolute atomic E-state index is 0.194. The van der Waals surface area contributed by atoms with Gasteiger partial charge in [0, 0.05) is 17.1 Å². The molecule has 1 heterocycles. The molecule has 0 spiro atoms. The Morgan fingerprint density at radius 1 is 1.29 bits per heavy atom. The summed E-state index contributed by atoms with van der Waals surface area (Å²) in [6.07, 6.45) is 4.67. The van der Waals surface area contributed by atoms with E-state index in [2.05, 4.69) is 10.1 Å². The molecule has 2 N–H and O–H groups in total. The summed E-state index contributed by atoms with van der Waals surface area (Å²) in [7, 11) is 0. The lowest BCUT2D eigenvalue weighted by Gasteiger charge is -2.17. The van der Waals surface area contributed by atoms with Gasteiger partial charge in [-0.25, -0.2) is 4.39 Å². The minimum atomic E-state index is -0.416. The molecule has 4 nitrogen and oxygen atoms in total. The van der Waals surface area contributed by atoms with Crippen molar-refractivity contribution < 1.29 is 8.91 Å². The lowest BCUT2D eigenvalue weighted by Crippen LogP contribution is -2.34. The van der Waals surface area contributed by atoms with Crippen molar-refractivity contribution in [1.82, 2.24) is 10.1 Å². The van der Waals surface area contributed by atoms with Gasteiger partial charge < -0.3 is 10.3 Å². The molecule has 6 heteroatoms. The number of benzene rings is 1. The highest BCUT2D eigenvalue weighted by atomic mass is 32.2. The van der Waals surface area contributed by atoms with Crippen LogP contribution in [0, 0.1) is 5.82 Å². The molecule has 0 saturated heterocycles. The third-order valence-electron chi connectivity index (χ3n) is 3.82. The monoisotopic (exact) mass is 307 g/mol. The molecule has 0 radical (unpaired) electrons. The van der Waals surface area contributed by atoms with Gasteiger partial charge in [0.05, 0.1) is 5.54 Å². The summed E-state index contributed by atoms with van der Waals surface area (Å²) < 4.78 is 18.7. The van der Waals surface area contributed by atoms with Crippen LogP contribution in [-0.2, 0) is 12.0 Å². The zero-order valence-electron chi connectivity index (χ0n) is 11.7. The maximum absolute atomic E-state index is 13.5. The molecule has 1 aromatic carbocycles. The molecule has 1 fully saturated rings. The summed E-state index contributed by atoms with van der Waals surface area (Å²) in [4.78, 5) is 5.05. The second-order valence-corrected chi connectivity index (χ2v) is 6.54. The number of nitrogens with zero attached hydrogens (tertiary/aromatic N) is 2. The Bertz CT molecular complexity index is 610. The Morgan fingerprint density at radius 2 is 2.05 bits per heavy atom. The van der Waals surface area contributed by atoms with E-state index >= 15 is 0 Å². The van der Waals surface area contributed by atoms with E-state index in [1.165, 1.54) is 17.8 Å². The number of hydrogen-bond acceptors (Lipinski definition) is 5. The fourth-order valence-corrected chi connectivity index (χ4v) is 3.48. The average molecular weight is 307 g/mol. The molecule has 1 aromatic heterocycles. The van der Waals surface area contributed by atoms with Crippen molar-refractivity contribution >= 4 is 11.8 Å². The third-order valence-corrected chi connectivity index (χ3v) is 4.87. The molecule has 112 valence electrons. The van der Waals surface area contributed by atoms with E-state index < -0.39 is 5.54 Å². The van der Waals surface area contributed by atoms with E-state index in [9.17, 15) is 4.39 Å². The van der Waals surface area contributed by atoms with Crippen LogP contribution in [-0.4, -0.2) is 15.9 Å². The number of rotatable bonds is 5. The Morgan fingerprint density at radius 3 is 2.81 bits per heavy atom. The van der Waals surface area contributed by atoms with Crippen molar-refractivity contribution in [2.45, 2.75) is 42.5 Å². The molecule has 0 amide bonds. The summed E-state index contributed by atoms with van der Waals surface area (Å²) in [5, 5.41) is 4.02. The van der Waals surface area contributed by atoms with Crippen LogP contribution in [0.5, 0.6) is 0 Å². The molecular formula is C15H18FN3OS. The first kappa shape index (κ1) is 14.5. The van der Waals surface area contributed by atoms with Crippen molar-refractivity contribution in [3.05, 3.63) is 41.8 Å². The molecule has 0 unspecified atom stereocenters. The number of halogens is 1. The first-order chi connectivity index (χ1) is 10.2. The summed E-state index contributed by atoms with van der Waals surface area (Å²) in [6, 6.07) is 6.75. The molecule has 0 bridgehead atoms. The van der Waals surface area contributed by atoms with Crippen molar-refractivity contribution in [2.24, 2.45) is 5.73 Å². The van der Waals surface area contributed by atoms with Crippen LogP contribution in [0.1, 0.15) is 37.4 Å². The molecule has 1 aliphatic rings. The van der Waals surface area contributed by atoms with Crippen molar-refractivity contribution in [3.8, 4) is 0 Å². The van der Waals surface area contributed by atoms with Crippen molar-refractivity contribution in [1.29, 1.82) is 0 Å². The predicted molar refractivity (Wildman–Crippen MR) is 79.5 cm³/mol.